The maximum Gasteiger partial charge on any atom is 0.188 e. The monoisotopic (exact) mass is 412 g/mol. The number of nitrogens with one attached hydrogen (secondary N) is 1. The number of ether oxygens (including phenoxy) is 1. The maximum atomic E-state index is 5.93. The smallest absolute Gasteiger partial charge is 0.188 e. The van der Waals surface area contributed by atoms with E-state index in [-0.39, 0.29) is 24.0 Å². The molecule has 3 N–H and O–H groups in total. The van der Waals surface area contributed by atoms with E-state index in [1.807, 2.05) is 0 Å². The molecule has 5 nitrogen and oxygen atoms in total. The molecular weight excluding hydrogens is 379 g/mol. The van der Waals surface area contributed by atoms with Crippen molar-refractivity contribution in [2.75, 3.05) is 39.4 Å². The summed E-state index contributed by atoms with van der Waals surface area (Å²) in [5.74, 6) is 1.79. The summed E-state index contributed by atoms with van der Waals surface area (Å²) in [4.78, 5) is 6.87. The molecule has 126 valence electrons. The summed E-state index contributed by atoms with van der Waals surface area (Å²) in [7, 11) is 0. The first kappa shape index (κ1) is 20.9. The van der Waals surface area contributed by atoms with E-state index in [9.17, 15) is 0 Å². The lowest BCUT2D eigenvalue weighted by Gasteiger charge is -2.35. The molecule has 1 atom stereocenters. The molecule has 21 heavy (non-hydrogen) atoms. The summed E-state index contributed by atoms with van der Waals surface area (Å²) in [5, 5.41) is 3.29. The lowest BCUT2D eigenvalue weighted by Crippen LogP contribution is -2.50. The normalized spacial score (nSPS) is 18.7. The van der Waals surface area contributed by atoms with Gasteiger partial charge in [0.05, 0.1) is 13.2 Å². The SMILES string of the molecule is CC(C)CN=C(N)NCC(CC(C)C)N1CCOCC1.I. The molecule has 1 unspecified atom stereocenters. The minimum atomic E-state index is 0. The van der Waals surface area contributed by atoms with Crippen LogP contribution in [0.25, 0.3) is 0 Å². The highest BCUT2D eigenvalue weighted by Gasteiger charge is 2.21. The van der Waals surface area contributed by atoms with Crippen LogP contribution in [-0.2, 0) is 4.74 Å². The average molecular weight is 412 g/mol. The Hall–Kier alpha value is -0.0800. The molecule has 1 saturated heterocycles. The predicted octanol–water partition coefficient (Wildman–Crippen LogP) is 1.91. The van der Waals surface area contributed by atoms with Crippen LogP contribution in [0, 0.1) is 11.8 Å². The van der Waals surface area contributed by atoms with Crippen LogP contribution in [0.3, 0.4) is 0 Å². The van der Waals surface area contributed by atoms with Crippen molar-refractivity contribution in [1.29, 1.82) is 0 Å². The first-order chi connectivity index (χ1) is 9.49. The number of halogens is 1. The molecule has 0 aromatic heterocycles. The first-order valence-electron chi connectivity index (χ1n) is 7.84. The molecular formula is C15H33IN4O. The van der Waals surface area contributed by atoms with Gasteiger partial charge in [0.2, 0.25) is 0 Å². The molecule has 1 rings (SSSR count). The molecule has 1 aliphatic rings. The third kappa shape index (κ3) is 9.52. The van der Waals surface area contributed by atoms with Gasteiger partial charge in [0.15, 0.2) is 5.96 Å². The Balaban J connectivity index is 0.00000400. The zero-order valence-corrected chi connectivity index (χ0v) is 16.3. The second-order valence-electron chi connectivity index (χ2n) is 6.43. The third-order valence-corrected chi connectivity index (χ3v) is 3.45. The van der Waals surface area contributed by atoms with Gasteiger partial charge in [-0.2, -0.15) is 0 Å². The highest BCUT2D eigenvalue weighted by molar-refractivity contribution is 14.0. The zero-order chi connectivity index (χ0) is 15.0. The quantitative estimate of drug-likeness (QED) is 0.381. The van der Waals surface area contributed by atoms with Gasteiger partial charge in [-0.1, -0.05) is 27.7 Å². The minimum absolute atomic E-state index is 0. The Morgan fingerprint density at radius 2 is 1.81 bits per heavy atom. The highest BCUT2D eigenvalue weighted by atomic mass is 127. The van der Waals surface area contributed by atoms with Crippen molar-refractivity contribution in [3.63, 3.8) is 0 Å². The Morgan fingerprint density at radius 1 is 1.19 bits per heavy atom. The van der Waals surface area contributed by atoms with Crippen LogP contribution in [0.4, 0.5) is 0 Å². The Bertz CT molecular complexity index is 291. The lowest BCUT2D eigenvalue weighted by atomic mass is 10.0. The fourth-order valence-corrected chi connectivity index (χ4v) is 2.41. The number of aliphatic imine (C=N–C) groups is 1. The number of hydrogen-bond acceptors (Lipinski definition) is 3. The van der Waals surface area contributed by atoms with Crippen molar-refractivity contribution in [2.24, 2.45) is 22.6 Å². The molecule has 6 heteroatoms. The summed E-state index contributed by atoms with van der Waals surface area (Å²) in [6, 6.07) is 0.506. The standard InChI is InChI=1S/C15H32N4O.HI/c1-12(2)9-14(19-5-7-20-8-6-19)11-18-15(16)17-10-13(3)4;/h12-14H,5-11H2,1-4H3,(H3,16,17,18);1H. The van der Waals surface area contributed by atoms with E-state index >= 15 is 0 Å². The van der Waals surface area contributed by atoms with Gasteiger partial charge in [-0.05, 0) is 18.3 Å². The molecule has 0 aromatic carbocycles. The van der Waals surface area contributed by atoms with Gasteiger partial charge in [-0.15, -0.1) is 24.0 Å². The van der Waals surface area contributed by atoms with E-state index < -0.39 is 0 Å². The van der Waals surface area contributed by atoms with E-state index in [0.717, 1.165) is 39.4 Å². The van der Waals surface area contributed by atoms with Gasteiger partial charge in [-0.25, -0.2) is 0 Å². The van der Waals surface area contributed by atoms with Crippen molar-refractivity contribution in [3.8, 4) is 0 Å². The van der Waals surface area contributed by atoms with Crippen molar-refractivity contribution in [2.45, 2.75) is 40.2 Å². The maximum absolute atomic E-state index is 5.93. The first-order valence-corrected chi connectivity index (χ1v) is 7.84. The second-order valence-corrected chi connectivity index (χ2v) is 6.43. The van der Waals surface area contributed by atoms with Gasteiger partial charge in [0, 0.05) is 32.2 Å². The van der Waals surface area contributed by atoms with E-state index in [2.05, 4.69) is 42.9 Å². The minimum Gasteiger partial charge on any atom is -0.379 e. The molecule has 1 aliphatic heterocycles. The van der Waals surface area contributed by atoms with Crippen molar-refractivity contribution in [3.05, 3.63) is 0 Å². The largest absolute Gasteiger partial charge is 0.379 e. The Labute approximate surface area is 147 Å². The van der Waals surface area contributed by atoms with Crippen molar-refractivity contribution in [1.82, 2.24) is 10.2 Å². The van der Waals surface area contributed by atoms with Gasteiger partial charge in [-0.3, -0.25) is 9.89 Å². The molecule has 1 heterocycles. The summed E-state index contributed by atoms with van der Waals surface area (Å²) in [5.41, 5.74) is 5.93. The number of nitrogens with zero attached hydrogens (tertiary/aromatic N) is 2. The van der Waals surface area contributed by atoms with Crippen molar-refractivity contribution < 1.29 is 4.74 Å². The highest BCUT2D eigenvalue weighted by Crippen LogP contribution is 2.12. The third-order valence-electron chi connectivity index (χ3n) is 3.45. The van der Waals surface area contributed by atoms with Crippen molar-refractivity contribution >= 4 is 29.9 Å². The van der Waals surface area contributed by atoms with Crippen LogP contribution < -0.4 is 11.1 Å². The summed E-state index contributed by atoms with van der Waals surface area (Å²) in [6.45, 7) is 14.2. The molecule has 0 saturated carbocycles. The average Bonchev–Trinajstić information content (AvgIpc) is 2.41. The van der Waals surface area contributed by atoms with Crippen LogP contribution >= 0.6 is 24.0 Å². The van der Waals surface area contributed by atoms with Crippen LogP contribution in [0.1, 0.15) is 34.1 Å². The number of hydrogen-bond donors (Lipinski definition) is 2. The van der Waals surface area contributed by atoms with Crippen LogP contribution in [0.5, 0.6) is 0 Å². The number of rotatable bonds is 7. The van der Waals surface area contributed by atoms with E-state index in [4.69, 9.17) is 10.5 Å². The fraction of sp³-hybridized carbons (Fsp3) is 0.933. The number of guanidine groups is 1. The van der Waals surface area contributed by atoms with Gasteiger partial charge in [0.25, 0.3) is 0 Å². The topological polar surface area (TPSA) is 62.9 Å². The second kappa shape index (κ2) is 11.5. The lowest BCUT2D eigenvalue weighted by molar-refractivity contribution is 0.0133. The van der Waals surface area contributed by atoms with Gasteiger partial charge >= 0.3 is 0 Å². The van der Waals surface area contributed by atoms with E-state index in [0.29, 0.717) is 23.8 Å². The summed E-state index contributed by atoms with van der Waals surface area (Å²) in [6.07, 6.45) is 1.17. The van der Waals surface area contributed by atoms with Crippen LogP contribution in [-0.4, -0.2) is 56.3 Å². The predicted molar refractivity (Wildman–Crippen MR) is 100 cm³/mol. The zero-order valence-electron chi connectivity index (χ0n) is 14.0. The van der Waals surface area contributed by atoms with Gasteiger partial charge in [0.1, 0.15) is 0 Å². The molecule has 1 fully saturated rings. The number of morpholine rings is 1. The molecule has 0 radical (unpaired) electrons. The summed E-state index contributed by atoms with van der Waals surface area (Å²) >= 11 is 0. The number of nitrogens with two attached hydrogens (primary N) is 1. The van der Waals surface area contributed by atoms with Crippen LogP contribution in [0.15, 0.2) is 4.99 Å². The Kier molecular flexibility index (Phi) is 11.4. The molecule has 0 amide bonds. The van der Waals surface area contributed by atoms with Gasteiger partial charge < -0.3 is 15.8 Å². The van der Waals surface area contributed by atoms with E-state index in [1.54, 1.807) is 0 Å². The van der Waals surface area contributed by atoms with Crippen LogP contribution in [0.2, 0.25) is 0 Å². The molecule has 0 bridgehead atoms. The van der Waals surface area contributed by atoms with E-state index in [1.165, 1.54) is 6.42 Å². The molecule has 0 spiro atoms. The fourth-order valence-electron chi connectivity index (χ4n) is 2.41. The summed E-state index contributed by atoms with van der Waals surface area (Å²) < 4.78 is 5.43. The molecule has 0 aromatic rings. The molecule has 0 aliphatic carbocycles. The Morgan fingerprint density at radius 3 is 2.33 bits per heavy atom.